The molecule has 1 amide bonds. The zero-order valence-electron chi connectivity index (χ0n) is 18.5. The van der Waals surface area contributed by atoms with Gasteiger partial charge in [-0.2, -0.15) is 0 Å². The molecule has 1 aliphatic rings. The molecule has 0 bridgehead atoms. The topological polar surface area (TPSA) is 127 Å². The summed E-state index contributed by atoms with van der Waals surface area (Å²) in [5.41, 5.74) is 14.1. The molecule has 1 saturated carbocycles. The molecule has 0 radical (unpaired) electrons. The first-order chi connectivity index (χ1) is 16.4. The summed E-state index contributed by atoms with van der Waals surface area (Å²) in [7, 11) is 0. The van der Waals surface area contributed by atoms with E-state index in [1.54, 1.807) is 36.5 Å². The van der Waals surface area contributed by atoms with Gasteiger partial charge in [-0.1, -0.05) is 29.8 Å². The Morgan fingerprint density at radius 2 is 1.97 bits per heavy atom. The van der Waals surface area contributed by atoms with E-state index in [4.69, 9.17) is 23.1 Å². The molecule has 2 aromatic carbocycles. The van der Waals surface area contributed by atoms with Gasteiger partial charge in [-0.05, 0) is 55.5 Å². The van der Waals surface area contributed by atoms with Crippen LogP contribution in [-0.4, -0.2) is 33.6 Å². The molecular formula is C25H27ClFN5O2. The van der Waals surface area contributed by atoms with Gasteiger partial charge in [0.05, 0.1) is 29.6 Å². The SMILES string of the molecule is NC[C@@H](NC(=O)c1ccc(-c2nc([C@H]3CC[C@@H](O)CC3)cnc2N)cc1F)c1cccc(Cl)c1. The van der Waals surface area contributed by atoms with E-state index in [0.29, 0.717) is 29.1 Å². The molecule has 6 N–H and O–H groups in total. The van der Waals surface area contributed by atoms with Crippen LogP contribution in [0.3, 0.4) is 0 Å². The smallest absolute Gasteiger partial charge is 0.254 e. The van der Waals surface area contributed by atoms with Crippen molar-refractivity contribution in [1.29, 1.82) is 0 Å². The summed E-state index contributed by atoms with van der Waals surface area (Å²) in [6.45, 7) is 0.128. The number of hydrogen-bond donors (Lipinski definition) is 4. The molecule has 9 heteroatoms. The van der Waals surface area contributed by atoms with Crippen molar-refractivity contribution in [1.82, 2.24) is 15.3 Å². The number of aromatic nitrogens is 2. The van der Waals surface area contributed by atoms with Crippen molar-refractivity contribution in [3.05, 3.63) is 76.3 Å². The molecule has 0 spiro atoms. The highest BCUT2D eigenvalue weighted by molar-refractivity contribution is 6.30. The van der Waals surface area contributed by atoms with E-state index in [2.05, 4.69) is 15.3 Å². The second kappa shape index (κ2) is 10.5. The lowest BCUT2D eigenvalue weighted by atomic mass is 9.85. The first-order valence-corrected chi connectivity index (χ1v) is 11.6. The standard InChI is InChI=1S/C25H27ClFN5O2/c26-17-3-1-2-15(10-17)21(12-28)32-25(34)19-9-6-16(11-20(19)27)23-24(29)30-13-22(31-23)14-4-7-18(33)8-5-14/h1-3,6,9-11,13-14,18,21,33H,4-5,7-8,12,28H2,(H2,29,30)(H,32,34)/t14-,18+,21-/m1/s1. The highest BCUT2D eigenvalue weighted by Crippen LogP contribution is 2.34. The highest BCUT2D eigenvalue weighted by Gasteiger charge is 2.24. The van der Waals surface area contributed by atoms with E-state index < -0.39 is 17.8 Å². The van der Waals surface area contributed by atoms with E-state index in [1.165, 1.54) is 12.1 Å². The number of amides is 1. The van der Waals surface area contributed by atoms with Crippen molar-refractivity contribution in [3.8, 4) is 11.3 Å². The number of carbonyl (C=O) groups excluding carboxylic acids is 1. The van der Waals surface area contributed by atoms with Gasteiger partial charge in [0.15, 0.2) is 0 Å². The van der Waals surface area contributed by atoms with E-state index >= 15 is 4.39 Å². The lowest BCUT2D eigenvalue weighted by molar-refractivity contribution is 0.0933. The second-order valence-corrected chi connectivity index (χ2v) is 8.98. The summed E-state index contributed by atoms with van der Waals surface area (Å²) in [5.74, 6) is -0.942. The minimum absolute atomic E-state index is 0.117. The van der Waals surface area contributed by atoms with Crippen LogP contribution in [0.2, 0.25) is 5.02 Å². The predicted molar refractivity (Wildman–Crippen MR) is 130 cm³/mol. The van der Waals surface area contributed by atoms with Gasteiger partial charge in [0, 0.05) is 23.0 Å². The van der Waals surface area contributed by atoms with Crippen LogP contribution >= 0.6 is 11.6 Å². The number of carbonyl (C=O) groups is 1. The minimum Gasteiger partial charge on any atom is -0.393 e. The van der Waals surface area contributed by atoms with Crippen LogP contribution in [0.4, 0.5) is 10.2 Å². The van der Waals surface area contributed by atoms with Crippen LogP contribution in [0.25, 0.3) is 11.3 Å². The number of anilines is 1. The van der Waals surface area contributed by atoms with Gasteiger partial charge in [0.25, 0.3) is 5.91 Å². The first-order valence-electron chi connectivity index (χ1n) is 11.2. The maximum Gasteiger partial charge on any atom is 0.254 e. The normalized spacial score (nSPS) is 18.9. The fourth-order valence-corrected chi connectivity index (χ4v) is 4.48. The van der Waals surface area contributed by atoms with E-state index in [1.807, 2.05) is 0 Å². The number of nitrogens with zero attached hydrogens (tertiary/aromatic N) is 2. The predicted octanol–water partition coefficient (Wildman–Crippen LogP) is 3.97. The van der Waals surface area contributed by atoms with Gasteiger partial charge in [-0.25, -0.2) is 14.4 Å². The lowest BCUT2D eigenvalue weighted by Gasteiger charge is -2.25. The van der Waals surface area contributed by atoms with Crippen LogP contribution in [0.1, 0.15) is 59.3 Å². The number of nitrogens with one attached hydrogen (secondary N) is 1. The summed E-state index contributed by atoms with van der Waals surface area (Å²) in [5, 5.41) is 13.0. The van der Waals surface area contributed by atoms with Crippen molar-refractivity contribution in [2.24, 2.45) is 5.73 Å². The Morgan fingerprint density at radius 3 is 2.65 bits per heavy atom. The molecule has 1 aromatic heterocycles. The Balaban J connectivity index is 1.55. The van der Waals surface area contributed by atoms with Gasteiger partial charge >= 0.3 is 0 Å². The van der Waals surface area contributed by atoms with Crippen molar-refractivity contribution < 1.29 is 14.3 Å². The average molecular weight is 484 g/mol. The molecule has 34 heavy (non-hydrogen) atoms. The minimum atomic E-state index is -0.704. The molecule has 1 heterocycles. The van der Waals surface area contributed by atoms with Gasteiger partial charge in [0.2, 0.25) is 0 Å². The van der Waals surface area contributed by atoms with E-state index in [9.17, 15) is 9.90 Å². The fourth-order valence-electron chi connectivity index (χ4n) is 4.28. The van der Waals surface area contributed by atoms with E-state index in [0.717, 1.165) is 24.1 Å². The number of aliphatic hydroxyl groups excluding tert-OH is 1. The monoisotopic (exact) mass is 483 g/mol. The molecule has 0 unspecified atom stereocenters. The van der Waals surface area contributed by atoms with Crippen LogP contribution in [0, 0.1) is 5.82 Å². The fraction of sp³-hybridized carbons (Fsp3) is 0.320. The molecule has 1 fully saturated rings. The molecule has 7 nitrogen and oxygen atoms in total. The van der Waals surface area contributed by atoms with Crippen LogP contribution in [0.15, 0.2) is 48.7 Å². The molecule has 178 valence electrons. The zero-order valence-corrected chi connectivity index (χ0v) is 19.3. The summed E-state index contributed by atoms with van der Waals surface area (Å²) >= 11 is 6.03. The van der Waals surface area contributed by atoms with Gasteiger partial charge in [-0.3, -0.25) is 4.79 Å². The lowest BCUT2D eigenvalue weighted by Crippen LogP contribution is -2.33. The Morgan fingerprint density at radius 1 is 1.21 bits per heavy atom. The van der Waals surface area contributed by atoms with E-state index in [-0.39, 0.29) is 29.9 Å². The third-order valence-electron chi connectivity index (χ3n) is 6.21. The maximum absolute atomic E-state index is 15.0. The van der Waals surface area contributed by atoms with Crippen molar-refractivity contribution in [2.75, 3.05) is 12.3 Å². The summed E-state index contributed by atoms with van der Waals surface area (Å²) in [4.78, 5) is 21.7. The summed E-state index contributed by atoms with van der Waals surface area (Å²) < 4.78 is 15.0. The number of aliphatic hydroxyl groups is 1. The maximum atomic E-state index is 15.0. The number of halogens is 2. The third-order valence-corrected chi connectivity index (χ3v) is 6.45. The Labute approximate surface area is 202 Å². The van der Waals surface area contributed by atoms with Crippen molar-refractivity contribution in [3.63, 3.8) is 0 Å². The molecule has 1 atom stereocenters. The number of hydrogen-bond acceptors (Lipinski definition) is 6. The van der Waals surface area contributed by atoms with Gasteiger partial charge < -0.3 is 21.9 Å². The Hall–Kier alpha value is -3.07. The number of benzene rings is 2. The summed E-state index contributed by atoms with van der Waals surface area (Å²) in [6.07, 6.45) is 4.40. The Bertz CT molecular complexity index is 1180. The van der Waals surface area contributed by atoms with Gasteiger partial charge in [-0.15, -0.1) is 0 Å². The summed E-state index contributed by atoms with van der Waals surface area (Å²) in [6, 6.07) is 10.7. The Kier molecular flexibility index (Phi) is 7.41. The molecule has 0 aliphatic heterocycles. The molecule has 3 aromatic rings. The zero-order chi connectivity index (χ0) is 24.2. The van der Waals surface area contributed by atoms with Crippen LogP contribution in [-0.2, 0) is 0 Å². The highest BCUT2D eigenvalue weighted by atomic mass is 35.5. The molecular weight excluding hydrogens is 457 g/mol. The molecule has 1 aliphatic carbocycles. The number of rotatable bonds is 6. The number of nitrogens with two attached hydrogens (primary N) is 2. The van der Waals surface area contributed by atoms with Crippen LogP contribution in [0.5, 0.6) is 0 Å². The van der Waals surface area contributed by atoms with Crippen molar-refractivity contribution >= 4 is 23.3 Å². The number of nitrogen functional groups attached to an aromatic ring is 1. The average Bonchev–Trinajstić information content (AvgIpc) is 2.83. The third kappa shape index (κ3) is 5.35. The molecule has 4 rings (SSSR count). The quantitative estimate of drug-likeness (QED) is 0.420. The van der Waals surface area contributed by atoms with Crippen LogP contribution < -0.4 is 16.8 Å². The van der Waals surface area contributed by atoms with Gasteiger partial charge in [0.1, 0.15) is 17.3 Å². The molecule has 0 saturated heterocycles. The second-order valence-electron chi connectivity index (χ2n) is 8.55. The van der Waals surface area contributed by atoms with Crippen molar-refractivity contribution in [2.45, 2.75) is 43.7 Å². The largest absolute Gasteiger partial charge is 0.393 e. The first kappa shape index (κ1) is 24.1.